The van der Waals surface area contributed by atoms with Crippen LogP contribution in [0.4, 0.5) is 20.3 Å². The summed E-state index contributed by atoms with van der Waals surface area (Å²) in [7, 11) is -3.52. The molecule has 3 aromatic rings. The van der Waals surface area contributed by atoms with Crippen molar-refractivity contribution < 1.29 is 17.2 Å². The molecule has 0 atom stereocenters. The molecular weight excluding hydrogens is 472 g/mol. The molecule has 35 heavy (non-hydrogen) atoms. The van der Waals surface area contributed by atoms with Crippen LogP contribution in [-0.4, -0.2) is 57.0 Å². The molecule has 2 fully saturated rings. The van der Waals surface area contributed by atoms with Gasteiger partial charge in [0.2, 0.25) is 10.0 Å². The summed E-state index contributed by atoms with van der Waals surface area (Å²) >= 11 is 0. The van der Waals surface area contributed by atoms with E-state index in [0.29, 0.717) is 13.1 Å². The van der Waals surface area contributed by atoms with Crippen molar-refractivity contribution in [2.24, 2.45) is 5.92 Å². The number of hydrogen-bond donors (Lipinski definition) is 1. The number of alkyl halides is 2. The lowest BCUT2D eigenvalue weighted by molar-refractivity contribution is 0.0257. The van der Waals surface area contributed by atoms with Gasteiger partial charge in [-0.15, -0.1) is 0 Å². The van der Waals surface area contributed by atoms with Gasteiger partial charge < -0.3 is 9.80 Å². The number of aryl methyl sites for hydroxylation is 1. The average molecular weight is 502 g/mol. The molecule has 0 radical (unpaired) electrons. The van der Waals surface area contributed by atoms with Gasteiger partial charge in [-0.3, -0.25) is 0 Å². The van der Waals surface area contributed by atoms with Gasteiger partial charge in [-0.1, -0.05) is 18.2 Å². The van der Waals surface area contributed by atoms with Gasteiger partial charge in [0.25, 0.3) is 5.92 Å². The number of halogens is 2. The number of aromatic nitrogens is 2. The topological polar surface area (TPSA) is 78.4 Å². The highest BCUT2D eigenvalue weighted by atomic mass is 32.2. The highest BCUT2D eigenvalue weighted by molar-refractivity contribution is 7.89. The number of piperidine rings is 1. The predicted molar refractivity (Wildman–Crippen MR) is 133 cm³/mol. The second kappa shape index (κ2) is 9.31. The van der Waals surface area contributed by atoms with Gasteiger partial charge in [-0.05, 0) is 55.5 Å². The second-order valence-corrected chi connectivity index (χ2v) is 11.2. The van der Waals surface area contributed by atoms with Crippen molar-refractivity contribution in [2.75, 3.05) is 42.5 Å². The van der Waals surface area contributed by atoms with Crippen LogP contribution in [-0.2, 0) is 10.0 Å². The molecule has 1 N–H and O–H groups in total. The Morgan fingerprint density at radius 1 is 1.06 bits per heavy atom. The molecule has 2 aromatic carbocycles. The minimum absolute atomic E-state index is 0.135. The fraction of sp³-hybridized carbons (Fsp3) is 0.440. The van der Waals surface area contributed by atoms with Gasteiger partial charge in [0.1, 0.15) is 12.1 Å². The molecular formula is C25H29F2N5O2S. The summed E-state index contributed by atoms with van der Waals surface area (Å²) in [6.07, 6.45) is 3.05. The van der Waals surface area contributed by atoms with E-state index in [4.69, 9.17) is 0 Å². The highest BCUT2D eigenvalue weighted by Crippen LogP contribution is 2.36. The molecule has 0 aliphatic carbocycles. The van der Waals surface area contributed by atoms with Gasteiger partial charge >= 0.3 is 0 Å². The SMILES string of the molecule is Cc1cc(N2CCC(F)(F)C2)cc2c(N3CCC(CNS(=O)(=O)c4ccccc4)CC3)ncnc12. The largest absolute Gasteiger partial charge is 0.365 e. The number of benzene rings is 2. The van der Waals surface area contributed by atoms with E-state index >= 15 is 0 Å². The third kappa shape index (κ3) is 5.08. The Labute approximate surface area is 204 Å². The van der Waals surface area contributed by atoms with Crippen LogP contribution in [0.15, 0.2) is 53.7 Å². The van der Waals surface area contributed by atoms with E-state index in [2.05, 4.69) is 19.6 Å². The Bertz CT molecular complexity index is 1310. The Kier molecular flexibility index (Phi) is 6.35. The molecule has 10 heteroatoms. The van der Waals surface area contributed by atoms with E-state index in [1.807, 2.05) is 19.1 Å². The van der Waals surface area contributed by atoms with Crippen LogP contribution in [0.1, 0.15) is 24.8 Å². The average Bonchev–Trinajstić information content (AvgIpc) is 3.23. The lowest BCUT2D eigenvalue weighted by Crippen LogP contribution is -2.39. The number of hydrogen-bond acceptors (Lipinski definition) is 6. The van der Waals surface area contributed by atoms with Crippen molar-refractivity contribution in [1.82, 2.24) is 14.7 Å². The van der Waals surface area contributed by atoms with Crippen molar-refractivity contribution in [3.8, 4) is 0 Å². The summed E-state index contributed by atoms with van der Waals surface area (Å²) in [5.41, 5.74) is 2.53. The molecule has 0 bridgehead atoms. The zero-order valence-electron chi connectivity index (χ0n) is 19.6. The molecule has 7 nitrogen and oxygen atoms in total. The number of fused-ring (bicyclic) bond motifs is 1. The monoisotopic (exact) mass is 501 g/mol. The van der Waals surface area contributed by atoms with E-state index in [0.717, 1.165) is 53.9 Å². The molecule has 0 unspecified atom stereocenters. The van der Waals surface area contributed by atoms with Crippen LogP contribution in [0, 0.1) is 12.8 Å². The Hall–Kier alpha value is -2.85. The van der Waals surface area contributed by atoms with Crippen LogP contribution in [0.25, 0.3) is 10.9 Å². The Morgan fingerprint density at radius 3 is 2.49 bits per heavy atom. The van der Waals surface area contributed by atoms with Crippen molar-refractivity contribution in [1.29, 1.82) is 0 Å². The molecule has 0 amide bonds. The zero-order valence-corrected chi connectivity index (χ0v) is 20.4. The summed E-state index contributed by atoms with van der Waals surface area (Å²) in [4.78, 5) is 13.2. The van der Waals surface area contributed by atoms with Crippen molar-refractivity contribution in [3.05, 3.63) is 54.4 Å². The predicted octanol–water partition coefficient (Wildman–Crippen LogP) is 3.98. The lowest BCUT2D eigenvalue weighted by Gasteiger charge is -2.33. The third-order valence-corrected chi connectivity index (χ3v) is 8.40. The van der Waals surface area contributed by atoms with Crippen molar-refractivity contribution >= 4 is 32.4 Å². The molecule has 5 rings (SSSR count). The number of nitrogens with one attached hydrogen (secondary N) is 1. The van der Waals surface area contributed by atoms with Gasteiger partial charge in [-0.2, -0.15) is 0 Å². The maximum atomic E-state index is 13.8. The molecule has 2 saturated heterocycles. The van der Waals surface area contributed by atoms with Crippen LogP contribution in [0.2, 0.25) is 0 Å². The summed E-state index contributed by atoms with van der Waals surface area (Å²) < 4.78 is 55.4. The van der Waals surface area contributed by atoms with Gasteiger partial charge in [0.15, 0.2) is 0 Å². The number of nitrogens with zero attached hydrogens (tertiary/aromatic N) is 4. The second-order valence-electron chi connectivity index (χ2n) is 9.48. The number of sulfonamides is 1. The van der Waals surface area contributed by atoms with Crippen molar-refractivity contribution in [2.45, 2.75) is 37.0 Å². The summed E-state index contributed by atoms with van der Waals surface area (Å²) in [5, 5.41) is 0.862. The van der Waals surface area contributed by atoms with Gasteiger partial charge in [0, 0.05) is 43.7 Å². The first-order chi connectivity index (χ1) is 16.7. The number of rotatable bonds is 6. The first-order valence-electron chi connectivity index (χ1n) is 11.9. The summed E-state index contributed by atoms with van der Waals surface area (Å²) in [6.45, 7) is 3.85. The van der Waals surface area contributed by atoms with Crippen LogP contribution < -0.4 is 14.5 Å². The Balaban J connectivity index is 1.29. The first-order valence-corrected chi connectivity index (χ1v) is 13.4. The maximum Gasteiger partial charge on any atom is 0.266 e. The molecule has 2 aliphatic heterocycles. The molecule has 2 aliphatic rings. The van der Waals surface area contributed by atoms with E-state index in [-0.39, 0.29) is 23.8 Å². The zero-order chi connectivity index (χ0) is 24.6. The standard InChI is InChI=1S/C25H29F2N5O2S/c1-18-13-20(32-12-9-25(26,27)16-32)14-22-23(18)28-17-29-24(22)31-10-7-19(8-11-31)15-30-35(33,34)21-5-3-2-4-6-21/h2-6,13-14,17,19,30H,7-12,15-16H2,1H3. The van der Waals surface area contributed by atoms with Crippen LogP contribution in [0.5, 0.6) is 0 Å². The van der Waals surface area contributed by atoms with Crippen LogP contribution in [0.3, 0.4) is 0 Å². The quantitative estimate of drug-likeness (QED) is 0.551. The van der Waals surface area contributed by atoms with E-state index in [9.17, 15) is 17.2 Å². The van der Waals surface area contributed by atoms with Crippen molar-refractivity contribution in [3.63, 3.8) is 0 Å². The summed E-state index contributed by atoms with van der Waals surface area (Å²) in [6, 6.07) is 12.2. The van der Waals surface area contributed by atoms with E-state index < -0.39 is 15.9 Å². The molecule has 186 valence electrons. The highest BCUT2D eigenvalue weighted by Gasteiger charge is 2.38. The molecule has 1 aromatic heterocycles. The van der Waals surface area contributed by atoms with E-state index in [1.54, 1.807) is 41.6 Å². The van der Waals surface area contributed by atoms with Crippen LogP contribution >= 0.6 is 0 Å². The fourth-order valence-electron chi connectivity index (χ4n) is 4.96. The van der Waals surface area contributed by atoms with Gasteiger partial charge in [0.05, 0.1) is 17.0 Å². The molecule has 0 spiro atoms. The molecule has 3 heterocycles. The normalized spacial score (nSPS) is 18.9. The minimum Gasteiger partial charge on any atom is -0.365 e. The smallest absolute Gasteiger partial charge is 0.266 e. The molecule has 0 saturated carbocycles. The fourth-order valence-corrected chi connectivity index (χ4v) is 6.10. The van der Waals surface area contributed by atoms with E-state index in [1.165, 1.54) is 0 Å². The van der Waals surface area contributed by atoms with Gasteiger partial charge in [-0.25, -0.2) is 31.9 Å². The Morgan fingerprint density at radius 2 is 1.80 bits per heavy atom. The minimum atomic E-state index is -3.52. The number of anilines is 2. The third-order valence-electron chi connectivity index (χ3n) is 6.96. The first kappa shape index (κ1) is 23.9. The lowest BCUT2D eigenvalue weighted by atomic mass is 9.97. The summed E-state index contributed by atoms with van der Waals surface area (Å²) in [5.74, 6) is -1.64. The maximum absolute atomic E-state index is 13.8.